The van der Waals surface area contributed by atoms with Crippen molar-refractivity contribution in [2.24, 2.45) is 5.41 Å². The van der Waals surface area contributed by atoms with Crippen LogP contribution in [0.2, 0.25) is 0 Å². The summed E-state index contributed by atoms with van der Waals surface area (Å²) in [6, 6.07) is 7.24. The van der Waals surface area contributed by atoms with E-state index in [4.69, 9.17) is 14.2 Å². The number of ether oxygens (including phenoxy) is 3. The third-order valence-corrected chi connectivity index (χ3v) is 4.85. The molecule has 1 saturated heterocycles. The fourth-order valence-corrected chi connectivity index (χ4v) is 3.04. The zero-order valence-electron chi connectivity index (χ0n) is 15.1. The highest BCUT2D eigenvalue weighted by atomic mass is 16.5. The maximum absolute atomic E-state index is 12.4. The molecular formula is C19H26N2O5. The smallest absolute Gasteiger partial charge is 0.235 e. The lowest BCUT2D eigenvalue weighted by Crippen LogP contribution is -2.45. The molecule has 26 heavy (non-hydrogen) atoms. The molecule has 0 spiro atoms. The summed E-state index contributed by atoms with van der Waals surface area (Å²) in [7, 11) is 1.61. The third-order valence-electron chi connectivity index (χ3n) is 4.85. The fourth-order valence-electron chi connectivity index (χ4n) is 3.04. The van der Waals surface area contributed by atoms with Crippen LogP contribution in [0.25, 0.3) is 0 Å². The van der Waals surface area contributed by atoms with Gasteiger partial charge in [-0.3, -0.25) is 9.59 Å². The Morgan fingerprint density at radius 3 is 2.46 bits per heavy atom. The first-order valence-corrected chi connectivity index (χ1v) is 9.09. The van der Waals surface area contributed by atoms with E-state index in [1.165, 1.54) is 0 Å². The van der Waals surface area contributed by atoms with Gasteiger partial charge >= 0.3 is 0 Å². The highest BCUT2D eigenvalue weighted by molar-refractivity contribution is 6.07. The molecule has 142 valence electrons. The van der Waals surface area contributed by atoms with Crippen LogP contribution in [0.1, 0.15) is 25.7 Å². The van der Waals surface area contributed by atoms with Crippen molar-refractivity contribution in [1.82, 2.24) is 10.6 Å². The van der Waals surface area contributed by atoms with Crippen LogP contribution < -0.4 is 20.1 Å². The Morgan fingerprint density at radius 2 is 1.85 bits per heavy atom. The van der Waals surface area contributed by atoms with Crippen molar-refractivity contribution in [2.45, 2.75) is 31.8 Å². The van der Waals surface area contributed by atoms with Gasteiger partial charge in [-0.25, -0.2) is 0 Å². The van der Waals surface area contributed by atoms with Gasteiger partial charge in [-0.2, -0.15) is 0 Å². The van der Waals surface area contributed by atoms with Gasteiger partial charge in [-0.1, -0.05) is 0 Å². The summed E-state index contributed by atoms with van der Waals surface area (Å²) in [6.07, 6.45) is 3.25. The normalized spacial score (nSPS) is 20.3. The summed E-state index contributed by atoms with van der Waals surface area (Å²) < 4.78 is 16.2. The van der Waals surface area contributed by atoms with Crippen LogP contribution in [-0.2, 0) is 14.3 Å². The monoisotopic (exact) mass is 362 g/mol. The molecule has 2 N–H and O–H groups in total. The maximum Gasteiger partial charge on any atom is 0.235 e. The first-order chi connectivity index (χ1) is 12.6. The molecule has 2 amide bonds. The van der Waals surface area contributed by atoms with E-state index in [0.29, 0.717) is 38.3 Å². The Labute approximate surface area is 153 Å². The zero-order valence-corrected chi connectivity index (χ0v) is 15.1. The van der Waals surface area contributed by atoms with Crippen molar-refractivity contribution in [3.05, 3.63) is 24.3 Å². The first kappa shape index (κ1) is 18.5. The quantitative estimate of drug-likeness (QED) is 0.510. The molecule has 1 heterocycles. The molecule has 7 heteroatoms. The van der Waals surface area contributed by atoms with Crippen molar-refractivity contribution in [1.29, 1.82) is 0 Å². The molecule has 0 aromatic heterocycles. The van der Waals surface area contributed by atoms with E-state index in [1.807, 2.05) is 24.3 Å². The lowest BCUT2D eigenvalue weighted by molar-refractivity contribution is -0.137. The van der Waals surface area contributed by atoms with Crippen LogP contribution in [0.5, 0.6) is 11.5 Å². The Balaban J connectivity index is 1.37. The molecule has 3 rings (SSSR count). The second-order valence-corrected chi connectivity index (χ2v) is 6.71. The van der Waals surface area contributed by atoms with Gasteiger partial charge in [0.25, 0.3) is 0 Å². The van der Waals surface area contributed by atoms with Gasteiger partial charge in [0.15, 0.2) is 0 Å². The van der Waals surface area contributed by atoms with Gasteiger partial charge in [-0.15, -0.1) is 0 Å². The number of carbonyl (C=O) groups is 2. The molecule has 1 aromatic rings. The lowest BCUT2D eigenvalue weighted by atomic mass is 10.1. The summed E-state index contributed by atoms with van der Waals surface area (Å²) in [4.78, 5) is 24.8. The Hall–Kier alpha value is -2.28. The number of amides is 2. The van der Waals surface area contributed by atoms with Crippen molar-refractivity contribution >= 4 is 11.8 Å². The second-order valence-electron chi connectivity index (χ2n) is 6.71. The largest absolute Gasteiger partial charge is 0.497 e. The van der Waals surface area contributed by atoms with Crippen molar-refractivity contribution < 1.29 is 23.8 Å². The van der Waals surface area contributed by atoms with Gasteiger partial charge in [0.1, 0.15) is 23.5 Å². The van der Waals surface area contributed by atoms with Gasteiger partial charge in [0.05, 0.1) is 19.8 Å². The number of benzene rings is 1. The van der Waals surface area contributed by atoms with Crippen LogP contribution in [0.3, 0.4) is 0 Å². The third kappa shape index (κ3) is 4.46. The average Bonchev–Trinajstić information content (AvgIpc) is 3.32. The molecular weight excluding hydrogens is 336 g/mol. The van der Waals surface area contributed by atoms with E-state index in [2.05, 4.69) is 10.6 Å². The molecule has 1 atom stereocenters. The minimum Gasteiger partial charge on any atom is -0.497 e. The summed E-state index contributed by atoms with van der Waals surface area (Å²) >= 11 is 0. The van der Waals surface area contributed by atoms with E-state index >= 15 is 0 Å². The number of carbonyl (C=O) groups excluding carboxylic acids is 2. The van der Waals surface area contributed by atoms with Crippen LogP contribution >= 0.6 is 0 Å². The van der Waals surface area contributed by atoms with Gasteiger partial charge < -0.3 is 24.8 Å². The van der Waals surface area contributed by atoms with E-state index in [-0.39, 0.29) is 17.9 Å². The number of hydrogen-bond donors (Lipinski definition) is 2. The van der Waals surface area contributed by atoms with Crippen molar-refractivity contribution in [3.8, 4) is 11.5 Å². The molecule has 1 saturated carbocycles. The fraction of sp³-hybridized carbons (Fsp3) is 0.579. The first-order valence-electron chi connectivity index (χ1n) is 9.09. The number of rotatable bonds is 9. The van der Waals surface area contributed by atoms with E-state index in [1.54, 1.807) is 7.11 Å². The van der Waals surface area contributed by atoms with Gasteiger partial charge in [0, 0.05) is 13.2 Å². The minimum atomic E-state index is -0.904. The number of methoxy groups -OCH3 is 1. The Morgan fingerprint density at radius 1 is 1.15 bits per heavy atom. The number of nitrogens with one attached hydrogen (secondary N) is 2. The minimum absolute atomic E-state index is 0.0794. The SMILES string of the molecule is COc1ccc(OCCNC(=O)C2(C(=O)NCC3CCCO3)CC2)cc1. The predicted molar refractivity (Wildman–Crippen MR) is 95.1 cm³/mol. The van der Waals surface area contributed by atoms with Gasteiger partial charge in [-0.05, 0) is 49.9 Å². The summed E-state index contributed by atoms with van der Waals surface area (Å²) in [5.74, 6) is 1.05. The molecule has 0 bridgehead atoms. The lowest BCUT2D eigenvalue weighted by Gasteiger charge is -2.17. The van der Waals surface area contributed by atoms with E-state index in [0.717, 1.165) is 25.2 Å². The summed E-state index contributed by atoms with van der Waals surface area (Å²) in [5.41, 5.74) is -0.904. The molecule has 1 aromatic carbocycles. The predicted octanol–water partition coefficient (Wildman–Crippen LogP) is 1.27. The van der Waals surface area contributed by atoms with Crippen LogP contribution in [-0.4, -0.2) is 51.3 Å². The van der Waals surface area contributed by atoms with E-state index in [9.17, 15) is 9.59 Å². The van der Waals surface area contributed by atoms with Crippen molar-refractivity contribution in [3.63, 3.8) is 0 Å². The second kappa shape index (κ2) is 8.40. The van der Waals surface area contributed by atoms with E-state index < -0.39 is 5.41 Å². The molecule has 1 unspecified atom stereocenters. The average molecular weight is 362 g/mol. The summed E-state index contributed by atoms with van der Waals surface area (Å²) in [6.45, 7) is 1.92. The van der Waals surface area contributed by atoms with Crippen LogP contribution in [0.4, 0.5) is 0 Å². The summed E-state index contributed by atoms with van der Waals surface area (Å²) in [5, 5.41) is 5.67. The molecule has 1 aliphatic carbocycles. The molecule has 1 aliphatic heterocycles. The Bertz CT molecular complexity index is 621. The molecule has 0 radical (unpaired) electrons. The van der Waals surface area contributed by atoms with Crippen LogP contribution in [0, 0.1) is 5.41 Å². The highest BCUT2D eigenvalue weighted by Gasteiger charge is 2.56. The topological polar surface area (TPSA) is 85.9 Å². The highest BCUT2D eigenvalue weighted by Crippen LogP contribution is 2.46. The standard InChI is InChI=1S/C19H26N2O5/c1-24-14-4-6-15(7-5-14)26-12-10-20-17(22)19(8-9-19)18(23)21-13-16-3-2-11-25-16/h4-7,16H,2-3,8-13H2,1H3,(H,20,22)(H,21,23). The Kier molecular flexibility index (Phi) is 5.98. The van der Waals surface area contributed by atoms with Crippen molar-refractivity contribution in [2.75, 3.05) is 33.4 Å². The number of hydrogen-bond acceptors (Lipinski definition) is 5. The maximum atomic E-state index is 12.4. The molecule has 7 nitrogen and oxygen atoms in total. The molecule has 2 fully saturated rings. The molecule has 2 aliphatic rings. The van der Waals surface area contributed by atoms with Gasteiger partial charge in [0.2, 0.25) is 11.8 Å². The zero-order chi connectivity index (χ0) is 18.4. The van der Waals surface area contributed by atoms with Crippen LogP contribution in [0.15, 0.2) is 24.3 Å².